The van der Waals surface area contributed by atoms with Crippen molar-refractivity contribution < 1.29 is 4.74 Å². The molecule has 2 aromatic rings. The fraction of sp³-hybridized carbons (Fsp3) is 0.250. The molecule has 0 aliphatic carbocycles. The summed E-state index contributed by atoms with van der Waals surface area (Å²) in [6.07, 6.45) is 1.45. The Morgan fingerprint density at radius 1 is 1.65 bits per heavy atom. The van der Waals surface area contributed by atoms with Gasteiger partial charge >= 0.3 is 0 Å². The summed E-state index contributed by atoms with van der Waals surface area (Å²) in [5, 5.41) is 9.08. The first-order valence-corrected chi connectivity index (χ1v) is 6.82. The van der Waals surface area contributed by atoms with Gasteiger partial charge in [0, 0.05) is 4.47 Å². The molecular weight excluding hydrogens is 348 g/mol. The van der Waals surface area contributed by atoms with Crippen molar-refractivity contribution in [2.45, 2.75) is 12.5 Å². The van der Waals surface area contributed by atoms with Crippen molar-refractivity contribution in [1.29, 1.82) is 5.26 Å². The molecule has 0 unspecified atom stereocenters. The van der Waals surface area contributed by atoms with Crippen molar-refractivity contribution in [2.75, 3.05) is 6.61 Å². The van der Waals surface area contributed by atoms with Crippen molar-refractivity contribution in [3.63, 3.8) is 0 Å². The van der Waals surface area contributed by atoms with Crippen LogP contribution in [0.3, 0.4) is 0 Å². The Kier molecular flexibility index (Phi) is 4.60. The van der Waals surface area contributed by atoms with Crippen LogP contribution < -0.4 is 16.0 Å². The smallest absolute Gasteiger partial charge is 0.262 e. The number of benzene rings is 1. The van der Waals surface area contributed by atoms with Crippen LogP contribution in [0.1, 0.15) is 6.42 Å². The number of nitrogens with zero attached hydrogens (tertiary/aromatic N) is 2. The molecule has 8 heteroatoms. The van der Waals surface area contributed by atoms with E-state index < -0.39 is 6.04 Å². The van der Waals surface area contributed by atoms with Gasteiger partial charge in [0.25, 0.3) is 5.56 Å². The first-order chi connectivity index (χ1) is 9.54. The van der Waals surface area contributed by atoms with E-state index >= 15 is 0 Å². The molecule has 0 spiro atoms. The second-order valence-corrected chi connectivity index (χ2v) is 5.29. The second kappa shape index (κ2) is 6.22. The van der Waals surface area contributed by atoms with Crippen molar-refractivity contribution in [1.82, 2.24) is 9.97 Å². The van der Waals surface area contributed by atoms with Gasteiger partial charge in [-0.15, -0.1) is 0 Å². The zero-order valence-electron chi connectivity index (χ0n) is 10.2. The number of nitriles is 1. The highest BCUT2D eigenvalue weighted by Crippen LogP contribution is 2.37. The minimum atomic E-state index is -0.458. The molecule has 0 aliphatic heterocycles. The predicted molar refractivity (Wildman–Crippen MR) is 78.8 cm³/mol. The topological polar surface area (TPSA) is 105 Å². The lowest BCUT2D eigenvalue weighted by molar-refractivity contribution is 0.293. The third-order valence-electron chi connectivity index (χ3n) is 2.58. The van der Waals surface area contributed by atoms with Gasteiger partial charge in [0.15, 0.2) is 5.75 Å². The molecule has 0 saturated carbocycles. The fourth-order valence-electron chi connectivity index (χ4n) is 1.65. The van der Waals surface area contributed by atoms with Gasteiger partial charge in [0.1, 0.15) is 12.0 Å². The molecule has 2 rings (SSSR count). The van der Waals surface area contributed by atoms with Crippen molar-refractivity contribution in [2.24, 2.45) is 5.73 Å². The maximum Gasteiger partial charge on any atom is 0.262 e. The zero-order chi connectivity index (χ0) is 14.7. The fourth-order valence-corrected chi connectivity index (χ4v) is 2.25. The van der Waals surface area contributed by atoms with Gasteiger partial charge in [0.05, 0.1) is 35.4 Å². The molecule has 1 atom stereocenters. The van der Waals surface area contributed by atoms with Crippen LogP contribution in [0.15, 0.2) is 21.7 Å². The Morgan fingerprint density at radius 3 is 3.10 bits per heavy atom. The van der Waals surface area contributed by atoms with Gasteiger partial charge in [-0.1, -0.05) is 11.6 Å². The number of hydrogen-bond donors (Lipinski definition) is 2. The molecule has 20 heavy (non-hydrogen) atoms. The van der Waals surface area contributed by atoms with E-state index in [1.54, 1.807) is 6.07 Å². The maximum absolute atomic E-state index is 11.9. The van der Waals surface area contributed by atoms with E-state index in [0.29, 0.717) is 9.99 Å². The third-order valence-corrected chi connectivity index (χ3v) is 3.81. The number of aromatic amines is 1. The number of halogens is 2. The van der Waals surface area contributed by atoms with Crippen LogP contribution in [0.25, 0.3) is 10.9 Å². The predicted octanol–water partition coefficient (Wildman–Crippen LogP) is 1.96. The van der Waals surface area contributed by atoms with E-state index in [9.17, 15) is 4.79 Å². The number of hydrogen-bond acceptors (Lipinski definition) is 5. The monoisotopic (exact) mass is 356 g/mol. The van der Waals surface area contributed by atoms with Gasteiger partial charge in [-0.3, -0.25) is 4.79 Å². The lowest BCUT2D eigenvalue weighted by Crippen LogP contribution is -2.27. The normalized spacial score (nSPS) is 12.1. The summed E-state index contributed by atoms with van der Waals surface area (Å²) in [6, 6.07) is 3.13. The average molecular weight is 358 g/mol. The Labute approximate surface area is 127 Å². The van der Waals surface area contributed by atoms with Gasteiger partial charge in [-0.05, 0) is 22.0 Å². The summed E-state index contributed by atoms with van der Waals surface area (Å²) < 4.78 is 6.09. The van der Waals surface area contributed by atoms with Crippen LogP contribution in [0, 0.1) is 11.3 Å². The molecule has 1 aromatic carbocycles. The Bertz CT molecular complexity index is 741. The summed E-state index contributed by atoms with van der Waals surface area (Å²) in [6.45, 7) is 0.0766. The summed E-state index contributed by atoms with van der Waals surface area (Å²) in [4.78, 5) is 18.4. The highest BCUT2D eigenvalue weighted by molar-refractivity contribution is 9.10. The molecule has 0 saturated heterocycles. The van der Waals surface area contributed by atoms with Crippen molar-refractivity contribution in [3.8, 4) is 11.8 Å². The van der Waals surface area contributed by atoms with E-state index in [1.807, 2.05) is 6.07 Å². The minimum Gasteiger partial charge on any atom is -0.489 e. The maximum atomic E-state index is 11.9. The van der Waals surface area contributed by atoms with E-state index in [1.165, 1.54) is 6.33 Å². The summed E-state index contributed by atoms with van der Waals surface area (Å²) in [7, 11) is 0. The van der Waals surface area contributed by atoms with E-state index in [-0.39, 0.29) is 34.7 Å². The highest BCUT2D eigenvalue weighted by Gasteiger charge is 2.16. The number of aromatic nitrogens is 2. The Morgan fingerprint density at radius 2 is 2.40 bits per heavy atom. The molecule has 6 nitrogen and oxygen atoms in total. The number of ether oxygens (including phenoxy) is 1. The quantitative estimate of drug-likeness (QED) is 0.870. The van der Waals surface area contributed by atoms with Gasteiger partial charge in [0.2, 0.25) is 0 Å². The van der Waals surface area contributed by atoms with Crippen molar-refractivity contribution in [3.05, 3.63) is 32.2 Å². The molecule has 1 aromatic heterocycles. The average Bonchev–Trinajstić information content (AvgIpc) is 2.40. The number of nitrogens with two attached hydrogens (primary N) is 1. The third kappa shape index (κ3) is 2.93. The molecule has 0 radical (unpaired) electrons. The van der Waals surface area contributed by atoms with E-state index in [0.717, 1.165) is 0 Å². The molecule has 3 N–H and O–H groups in total. The number of fused-ring (bicyclic) bond motifs is 1. The molecule has 0 amide bonds. The first kappa shape index (κ1) is 14.8. The Hall–Kier alpha value is -1.62. The van der Waals surface area contributed by atoms with Crippen LogP contribution >= 0.6 is 27.5 Å². The van der Waals surface area contributed by atoms with Gasteiger partial charge in [-0.2, -0.15) is 5.26 Å². The largest absolute Gasteiger partial charge is 0.489 e. The van der Waals surface area contributed by atoms with E-state index in [2.05, 4.69) is 25.9 Å². The molecule has 0 bridgehead atoms. The summed E-state index contributed by atoms with van der Waals surface area (Å²) in [5.74, 6) is 0.207. The molecular formula is C12H10BrClN4O2. The molecule has 0 aliphatic rings. The second-order valence-electron chi connectivity index (χ2n) is 4.06. The van der Waals surface area contributed by atoms with Gasteiger partial charge < -0.3 is 15.5 Å². The van der Waals surface area contributed by atoms with Crippen LogP contribution in [0.2, 0.25) is 5.02 Å². The summed E-state index contributed by atoms with van der Waals surface area (Å²) >= 11 is 9.43. The standard InChI is InChI=1S/C12H10BrClN4O2/c13-7-3-8-9(12(19)18-5-17-8)11(10(7)14)20-4-6(16)1-2-15/h3,5-6H,1,4,16H2,(H,17,18,19)/t6-/m0/s1. The Balaban J connectivity index is 2.48. The SMILES string of the molecule is N#CC[C@H](N)COc1c(Cl)c(Br)cc2nc[nH]c(=O)c12. The van der Waals surface area contributed by atoms with Gasteiger partial charge in [-0.25, -0.2) is 4.98 Å². The van der Waals surface area contributed by atoms with Crippen molar-refractivity contribution >= 4 is 38.4 Å². The molecule has 0 fully saturated rings. The highest BCUT2D eigenvalue weighted by atomic mass is 79.9. The van der Waals surface area contributed by atoms with Crippen LogP contribution in [-0.4, -0.2) is 22.6 Å². The zero-order valence-corrected chi connectivity index (χ0v) is 12.5. The summed E-state index contributed by atoms with van der Waals surface area (Å²) in [5.41, 5.74) is 5.80. The number of rotatable bonds is 4. The minimum absolute atomic E-state index is 0.0766. The lowest BCUT2D eigenvalue weighted by atomic mass is 10.2. The molecule has 1 heterocycles. The van der Waals surface area contributed by atoms with Crippen LogP contribution in [0.5, 0.6) is 5.75 Å². The van der Waals surface area contributed by atoms with E-state index in [4.69, 9.17) is 27.3 Å². The number of nitrogens with one attached hydrogen (secondary N) is 1. The first-order valence-electron chi connectivity index (χ1n) is 5.65. The van der Waals surface area contributed by atoms with Crippen LogP contribution in [0.4, 0.5) is 0 Å². The molecule has 104 valence electrons. The van der Waals surface area contributed by atoms with Crippen LogP contribution in [-0.2, 0) is 0 Å². The number of H-pyrrole nitrogens is 1. The lowest BCUT2D eigenvalue weighted by Gasteiger charge is -2.14.